The smallest absolute Gasteiger partial charge is 0.321 e. The Balaban J connectivity index is 2.09. The minimum atomic E-state index is -0.407. The van der Waals surface area contributed by atoms with E-state index < -0.39 is 6.10 Å². The van der Waals surface area contributed by atoms with Gasteiger partial charge in [0, 0.05) is 18.0 Å². The molecule has 98 valence electrons. The third-order valence-electron chi connectivity index (χ3n) is 2.86. The van der Waals surface area contributed by atoms with Crippen LogP contribution < -0.4 is 5.32 Å². The van der Waals surface area contributed by atoms with E-state index in [0.29, 0.717) is 30.2 Å². The van der Waals surface area contributed by atoms with Gasteiger partial charge in [-0.25, -0.2) is 4.79 Å². The van der Waals surface area contributed by atoms with Gasteiger partial charge in [0.1, 0.15) is 0 Å². The van der Waals surface area contributed by atoms with Crippen molar-refractivity contribution in [3.8, 4) is 0 Å². The standard InChI is InChI=1S/C12H15ClN2O2S/c1-18-11-9(13)3-2-4-10(11)14-12(17)15-6-5-8(16)7-15/h2-4,8,16H,5-7H2,1H3,(H,14,17)/t8-/m1/s1. The SMILES string of the molecule is CSc1c(Cl)cccc1NC(=O)N1CC[C@@H](O)C1. The third-order valence-corrected chi connectivity index (χ3v) is 4.14. The van der Waals surface area contributed by atoms with Crippen molar-refractivity contribution in [2.24, 2.45) is 0 Å². The van der Waals surface area contributed by atoms with Gasteiger partial charge < -0.3 is 15.3 Å². The number of thioether (sulfide) groups is 1. The summed E-state index contributed by atoms with van der Waals surface area (Å²) in [4.78, 5) is 14.5. The Morgan fingerprint density at radius 3 is 3.00 bits per heavy atom. The van der Waals surface area contributed by atoms with E-state index in [1.165, 1.54) is 11.8 Å². The van der Waals surface area contributed by atoms with Gasteiger partial charge in [-0.3, -0.25) is 0 Å². The van der Waals surface area contributed by atoms with Crippen LogP contribution in [0.15, 0.2) is 23.1 Å². The summed E-state index contributed by atoms with van der Waals surface area (Å²) in [5.74, 6) is 0. The summed E-state index contributed by atoms with van der Waals surface area (Å²) in [6.07, 6.45) is 2.14. The lowest BCUT2D eigenvalue weighted by Gasteiger charge is -2.18. The van der Waals surface area contributed by atoms with Crippen LogP contribution in [0.1, 0.15) is 6.42 Å². The molecule has 0 spiro atoms. The molecule has 1 fully saturated rings. The minimum absolute atomic E-state index is 0.191. The molecule has 1 saturated heterocycles. The molecule has 0 bridgehead atoms. The molecular formula is C12H15ClN2O2S. The van der Waals surface area contributed by atoms with Crippen LogP contribution in [0.5, 0.6) is 0 Å². The van der Waals surface area contributed by atoms with Crippen LogP contribution in [0.4, 0.5) is 10.5 Å². The lowest BCUT2D eigenvalue weighted by Crippen LogP contribution is -2.33. The third kappa shape index (κ3) is 2.91. The van der Waals surface area contributed by atoms with Gasteiger partial charge in [-0.1, -0.05) is 17.7 Å². The number of β-amino-alcohol motifs (C(OH)–C–C–N with tert-alkyl or cyclic N) is 1. The molecule has 0 aliphatic carbocycles. The van der Waals surface area contributed by atoms with Gasteiger partial charge in [-0.15, -0.1) is 11.8 Å². The van der Waals surface area contributed by atoms with Gasteiger partial charge in [0.25, 0.3) is 0 Å². The topological polar surface area (TPSA) is 52.6 Å². The number of halogens is 1. The van der Waals surface area contributed by atoms with Gasteiger partial charge in [-0.2, -0.15) is 0 Å². The van der Waals surface area contributed by atoms with E-state index in [9.17, 15) is 9.90 Å². The maximum atomic E-state index is 12.0. The number of likely N-dealkylation sites (tertiary alicyclic amines) is 1. The van der Waals surface area contributed by atoms with Crippen LogP contribution in [-0.4, -0.2) is 41.5 Å². The first-order chi connectivity index (χ1) is 8.61. The quantitative estimate of drug-likeness (QED) is 0.822. The predicted octanol–water partition coefficient (Wildman–Crippen LogP) is 2.66. The number of aliphatic hydroxyl groups excluding tert-OH is 1. The molecule has 18 heavy (non-hydrogen) atoms. The summed E-state index contributed by atoms with van der Waals surface area (Å²) in [5, 5.41) is 12.9. The first-order valence-corrected chi connectivity index (χ1v) is 7.28. The van der Waals surface area contributed by atoms with Crippen molar-refractivity contribution in [2.75, 3.05) is 24.7 Å². The van der Waals surface area contributed by atoms with Crippen molar-refractivity contribution in [3.05, 3.63) is 23.2 Å². The van der Waals surface area contributed by atoms with Gasteiger partial charge in [0.2, 0.25) is 0 Å². The summed E-state index contributed by atoms with van der Waals surface area (Å²) in [5.41, 5.74) is 0.710. The van der Waals surface area contributed by atoms with E-state index in [1.54, 1.807) is 17.0 Å². The Morgan fingerprint density at radius 1 is 1.61 bits per heavy atom. The summed E-state index contributed by atoms with van der Waals surface area (Å²) in [7, 11) is 0. The molecule has 1 aliphatic rings. The molecule has 0 unspecified atom stereocenters. The number of carbonyl (C=O) groups is 1. The lowest BCUT2D eigenvalue weighted by molar-refractivity contribution is 0.176. The van der Waals surface area contributed by atoms with E-state index in [4.69, 9.17) is 11.6 Å². The molecule has 1 aromatic rings. The number of hydrogen-bond acceptors (Lipinski definition) is 3. The molecule has 0 radical (unpaired) electrons. The normalized spacial score (nSPS) is 19.1. The van der Waals surface area contributed by atoms with E-state index in [-0.39, 0.29) is 6.03 Å². The average molecular weight is 287 g/mol. The Kier molecular flexibility index (Phi) is 4.37. The fraction of sp³-hybridized carbons (Fsp3) is 0.417. The predicted molar refractivity (Wildman–Crippen MR) is 74.4 cm³/mol. The highest BCUT2D eigenvalue weighted by Gasteiger charge is 2.25. The Hall–Kier alpha value is -0.910. The molecule has 2 rings (SSSR count). The number of amides is 2. The molecule has 2 amide bonds. The van der Waals surface area contributed by atoms with Crippen molar-refractivity contribution in [2.45, 2.75) is 17.4 Å². The van der Waals surface area contributed by atoms with Crippen LogP contribution in [-0.2, 0) is 0 Å². The molecule has 0 saturated carbocycles. The van der Waals surface area contributed by atoms with Crippen LogP contribution in [0.2, 0.25) is 5.02 Å². The maximum Gasteiger partial charge on any atom is 0.321 e. The first-order valence-electron chi connectivity index (χ1n) is 5.68. The van der Waals surface area contributed by atoms with Crippen molar-refractivity contribution in [3.63, 3.8) is 0 Å². The van der Waals surface area contributed by atoms with E-state index in [1.807, 2.05) is 12.3 Å². The number of hydrogen-bond donors (Lipinski definition) is 2. The molecule has 1 aliphatic heterocycles. The average Bonchev–Trinajstić information content (AvgIpc) is 2.76. The van der Waals surface area contributed by atoms with Crippen LogP contribution in [0, 0.1) is 0 Å². The summed E-state index contributed by atoms with van der Waals surface area (Å²) < 4.78 is 0. The summed E-state index contributed by atoms with van der Waals surface area (Å²) in [6.45, 7) is 0.975. The summed E-state index contributed by atoms with van der Waals surface area (Å²) in [6, 6.07) is 5.23. The first kappa shape index (κ1) is 13.5. The molecule has 1 atom stereocenters. The fourth-order valence-corrected chi connectivity index (χ4v) is 2.94. The number of nitrogens with zero attached hydrogens (tertiary/aromatic N) is 1. The monoisotopic (exact) mass is 286 g/mol. The van der Waals surface area contributed by atoms with Crippen molar-refractivity contribution >= 4 is 35.1 Å². The minimum Gasteiger partial charge on any atom is -0.391 e. The Labute approximate surface area is 115 Å². The number of aliphatic hydroxyl groups is 1. The van der Waals surface area contributed by atoms with Crippen molar-refractivity contribution in [1.82, 2.24) is 4.90 Å². The Bertz CT molecular complexity index is 456. The molecule has 6 heteroatoms. The number of urea groups is 1. The molecule has 1 aromatic carbocycles. The van der Waals surface area contributed by atoms with Gasteiger partial charge in [0.15, 0.2) is 0 Å². The molecule has 2 N–H and O–H groups in total. The van der Waals surface area contributed by atoms with Crippen LogP contribution in [0.3, 0.4) is 0 Å². The Morgan fingerprint density at radius 2 is 2.39 bits per heavy atom. The zero-order valence-electron chi connectivity index (χ0n) is 10.0. The molecular weight excluding hydrogens is 272 g/mol. The molecule has 4 nitrogen and oxygen atoms in total. The van der Waals surface area contributed by atoms with Gasteiger partial charge in [-0.05, 0) is 24.8 Å². The molecule has 1 heterocycles. The number of anilines is 1. The zero-order valence-corrected chi connectivity index (χ0v) is 11.6. The van der Waals surface area contributed by atoms with E-state index >= 15 is 0 Å². The second-order valence-electron chi connectivity index (χ2n) is 4.14. The van der Waals surface area contributed by atoms with Gasteiger partial charge >= 0.3 is 6.03 Å². The highest BCUT2D eigenvalue weighted by Crippen LogP contribution is 2.32. The highest BCUT2D eigenvalue weighted by atomic mass is 35.5. The van der Waals surface area contributed by atoms with Gasteiger partial charge in [0.05, 0.1) is 16.8 Å². The maximum absolute atomic E-state index is 12.0. The van der Waals surface area contributed by atoms with E-state index in [0.717, 1.165) is 4.90 Å². The second kappa shape index (κ2) is 5.82. The summed E-state index contributed by atoms with van der Waals surface area (Å²) >= 11 is 7.56. The van der Waals surface area contributed by atoms with Crippen LogP contribution >= 0.6 is 23.4 Å². The number of benzene rings is 1. The zero-order chi connectivity index (χ0) is 13.1. The van der Waals surface area contributed by atoms with Crippen molar-refractivity contribution in [1.29, 1.82) is 0 Å². The fourth-order valence-electron chi connectivity index (χ4n) is 1.94. The number of carbonyl (C=O) groups excluding carboxylic acids is 1. The second-order valence-corrected chi connectivity index (χ2v) is 5.36. The van der Waals surface area contributed by atoms with Crippen LogP contribution in [0.25, 0.3) is 0 Å². The van der Waals surface area contributed by atoms with Crippen molar-refractivity contribution < 1.29 is 9.90 Å². The molecule has 0 aromatic heterocycles. The number of nitrogens with one attached hydrogen (secondary N) is 1. The highest BCUT2D eigenvalue weighted by molar-refractivity contribution is 7.98. The lowest BCUT2D eigenvalue weighted by atomic mass is 10.3. The van der Waals surface area contributed by atoms with E-state index in [2.05, 4.69) is 5.32 Å². The largest absolute Gasteiger partial charge is 0.391 e. The number of rotatable bonds is 2.